The Bertz CT molecular complexity index is 474. The van der Waals surface area contributed by atoms with Crippen LogP contribution < -0.4 is 5.32 Å². The first-order valence-electron chi connectivity index (χ1n) is 12.0. The Morgan fingerprint density at radius 3 is 2.37 bits per heavy atom. The van der Waals surface area contributed by atoms with E-state index in [0.29, 0.717) is 12.2 Å². The van der Waals surface area contributed by atoms with E-state index in [9.17, 15) is 0 Å². The lowest BCUT2D eigenvalue weighted by Crippen LogP contribution is -2.48. The second-order valence-electron chi connectivity index (χ2n) is 8.52. The maximum atomic E-state index is 6.17. The van der Waals surface area contributed by atoms with E-state index in [1.807, 2.05) is 0 Å². The molecule has 3 aliphatic rings. The Morgan fingerprint density at radius 2 is 1.73 bits per heavy atom. The first-order chi connectivity index (χ1) is 14.3. The highest BCUT2D eigenvalue weighted by atomic mass is 127. The largest absolute Gasteiger partial charge is 0.376 e. The van der Waals surface area contributed by atoms with E-state index in [1.54, 1.807) is 0 Å². The molecule has 0 aromatic heterocycles. The van der Waals surface area contributed by atoms with E-state index in [-0.39, 0.29) is 24.0 Å². The normalized spacial score (nSPS) is 25.2. The van der Waals surface area contributed by atoms with Crippen molar-refractivity contribution in [3.8, 4) is 0 Å². The van der Waals surface area contributed by atoms with Gasteiger partial charge >= 0.3 is 0 Å². The molecule has 3 rings (SSSR count). The number of guanidine groups is 1. The number of halogens is 1. The van der Waals surface area contributed by atoms with E-state index in [2.05, 4.69) is 33.9 Å². The first kappa shape index (κ1) is 26.1. The monoisotopic (exact) mass is 537 g/mol. The standard InChI is InChI=1S/C22H43N5O2.HI/c1-3-23-22(24-10-13-26-16-14-25(4-2)15-17-26)27-11-8-20(9-12-27)29-19-21-7-5-6-18-28-21;/h20-21H,3-19H2,1-2H3,(H,23,24);1H. The number of rotatable bonds is 8. The molecule has 3 heterocycles. The van der Waals surface area contributed by atoms with Gasteiger partial charge in [-0.1, -0.05) is 6.92 Å². The van der Waals surface area contributed by atoms with Crippen molar-refractivity contribution in [2.75, 3.05) is 78.7 Å². The Labute approximate surface area is 200 Å². The molecule has 3 fully saturated rings. The van der Waals surface area contributed by atoms with Crippen LogP contribution in [0.25, 0.3) is 0 Å². The molecule has 3 saturated heterocycles. The Morgan fingerprint density at radius 1 is 1.00 bits per heavy atom. The number of piperazine rings is 1. The lowest BCUT2D eigenvalue weighted by atomic mass is 10.1. The van der Waals surface area contributed by atoms with Crippen LogP contribution >= 0.6 is 24.0 Å². The number of ether oxygens (including phenoxy) is 2. The van der Waals surface area contributed by atoms with Gasteiger partial charge in [0.25, 0.3) is 0 Å². The summed E-state index contributed by atoms with van der Waals surface area (Å²) in [6, 6.07) is 0. The summed E-state index contributed by atoms with van der Waals surface area (Å²) in [5.41, 5.74) is 0. The third kappa shape index (κ3) is 8.76. The Hall–Kier alpha value is -0.160. The number of piperidine rings is 1. The fourth-order valence-corrected chi connectivity index (χ4v) is 4.47. The number of hydrogen-bond acceptors (Lipinski definition) is 5. The van der Waals surface area contributed by atoms with Crippen LogP contribution in [0.15, 0.2) is 4.99 Å². The highest BCUT2D eigenvalue weighted by Gasteiger charge is 2.24. The topological polar surface area (TPSA) is 52.6 Å². The fourth-order valence-electron chi connectivity index (χ4n) is 4.47. The van der Waals surface area contributed by atoms with Gasteiger partial charge in [0, 0.05) is 59.0 Å². The molecule has 7 nitrogen and oxygen atoms in total. The quantitative estimate of drug-likeness (QED) is 0.291. The SMILES string of the molecule is CCNC(=NCCN1CCN(CC)CC1)N1CCC(OCC2CCCCO2)CC1.I. The molecule has 30 heavy (non-hydrogen) atoms. The summed E-state index contributed by atoms with van der Waals surface area (Å²) in [6.45, 7) is 16.9. The summed E-state index contributed by atoms with van der Waals surface area (Å²) in [4.78, 5) is 12.4. The lowest BCUT2D eigenvalue weighted by molar-refractivity contribution is -0.0721. The third-order valence-corrected chi connectivity index (χ3v) is 6.46. The van der Waals surface area contributed by atoms with Crippen LogP contribution in [0.2, 0.25) is 0 Å². The number of likely N-dealkylation sites (tertiary alicyclic amines) is 1. The molecular weight excluding hydrogens is 493 g/mol. The zero-order chi connectivity index (χ0) is 20.3. The Kier molecular flexibility index (Phi) is 12.9. The first-order valence-corrected chi connectivity index (χ1v) is 12.0. The molecule has 0 saturated carbocycles. The summed E-state index contributed by atoms with van der Waals surface area (Å²) >= 11 is 0. The molecule has 0 spiro atoms. The molecule has 176 valence electrons. The van der Waals surface area contributed by atoms with Crippen molar-refractivity contribution < 1.29 is 9.47 Å². The van der Waals surface area contributed by atoms with Gasteiger partial charge in [-0.25, -0.2) is 0 Å². The van der Waals surface area contributed by atoms with E-state index < -0.39 is 0 Å². The predicted octanol–water partition coefficient (Wildman–Crippen LogP) is 2.26. The minimum atomic E-state index is 0. The van der Waals surface area contributed by atoms with E-state index in [1.165, 1.54) is 45.6 Å². The van der Waals surface area contributed by atoms with Gasteiger partial charge in [-0.05, 0) is 45.6 Å². The minimum absolute atomic E-state index is 0. The maximum absolute atomic E-state index is 6.17. The summed E-state index contributed by atoms with van der Waals surface area (Å²) in [7, 11) is 0. The predicted molar refractivity (Wildman–Crippen MR) is 134 cm³/mol. The van der Waals surface area contributed by atoms with Crippen molar-refractivity contribution >= 4 is 29.9 Å². The van der Waals surface area contributed by atoms with Crippen molar-refractivity contribution in [3.63, 3.8) is 0 Å². The molecule has 0 bridgehead atoms. The van der Waals surface area contributed by atoms with Crippen LogP contribution in [-0.4, -0.2) is 112 Å². The smallest absolute Gasteiger partial charge is 0.193 e. The number of likely N-dealkylation sites (N-methyl/N-ethyl adjacent to an activating group) is 1. The molecule has 0 aromatic carbocycles. The van der Waals surface area contributed by atoms with Crippen molar-refractivity contribution in [3.05, 3.63) is 0 Å². The number of hydrogen-bond donors (Lipinski definition) is 1. The van der Waals surface area contributed by atoms with E-state index >= 15 is 0 Å². The van der Waals surface area contributed by atoms with E-state index in [4.69, 9.17) is 14.5 Å². The zero-order valence-corrected chi connectivity index (χ0v) is 21.5. The molecule has 1 N–H and O–H groups in total. The van der Waals surface area contributed by atoms with Gasteiger partial charge in [-0.2, -0.15) is 0 Å². The Balaban J connectivity index is 0.00000320. The van der Waals surface area contributed by atoms with Crippen molar-refractivity contribution in [2.24, 2.45) is 4.99 Å². The number of aliphatic imine (C=N–C) groups is 1. The molecule has 0 amide bonds. The summed E-state index contributed by atoms with van der Waals surface area (Å²) in [5.74, 6) is 1.08. The van der Waals surface area contributed by atoms with Crippen molar-refractivity contribution in [2.45, 2.75) is 58.2 Å². The second kappa shape index (κ2) is 14.8. The van der Waals surface area contributed by atoms with Gasteiger partial charge < -0.3 is 24.6 Å². The fraction of sp³-hybridized carbons (Fsp3) is 0.955. The molecular formula is C22H44IN5O2. The molecule has 1 atom stereocenters. The number of nitrogens with zero attached hydrogens (tertiary/aromatic N) is 4. The number of nitrogens with one attached hydrogen (secondary N) is 1. The molecule has 0 radical (unpaired) electrons. The minimum Gasteiger partial charge on any atom is -0.376 e. The highest BCUT2D eigenvalue weighted by Crippen LogP contribution is 2.18. The molecule has 8 heteroatoms. The van der Waals surface area contributed by atoms with Crippen LogP contribution in [0.1, 0.15) is 46.0 Å². The second-order valence-corrected chi connectivity index (χ2v) is 8.52. The summed E-state index contributed by atoms with van der Waals surface area (Å²) < 4.78 is 12.0. The van der Waals surface area contributed by atoms with Gasteiger partial charge in [0.05, 0.1) is 25.4 Å². The van der Waals surface area contributed by atoms with Crippen LogP contribution in [0.4, 0.5) is 0 Å². The van der Waals surface area contributed by atoms with Crippen LogP contribution in [0, 0.1) is 0 Å². The molecule has 1 unspecified atom stereocenters. The van der Waals surface area contributed by atoms with Gasteiger partial charge in [-0.15, -0.1) is 24.0 Å². The van der Waals surface area contributed by atoms with Gasteiger partial charge in [0.15, 0.2) is 5.96 Å². The highest BCUT2D eigenvalue weighted by molar-refractivity contribution is 14.0. The van der Waals surface area contributed by atoms with Gasteiger partial charge in [0.2, 0.25) is 0 Å². The lowest BCUT2D eigenvalue weighted by Gasteiger charge is -2.35. The average molecular weight is 538 g/mol. The van der Waals surface area contributed by atoms with Gasteiger partial charge in [-0.3, -0.25) is 9.89 Å². The average Bonchev–Trinajstić information content (AvgIpc) is 2.79. The maximum Gasteiger partial charge on any atom is 0.193 e. The van der Waals surface area contributed by atoms with E-state index in [0.717, 1.165) is 71.2 Å². The molecule has 0 aliphatic carbocycles. The molecule has 0 aromatic rings. The summed E-state index contributed by atoms with van der Waals surface area (Å²) in [5, 5.41) is 3.49. The molecule has 3 aliphatic heterocycles. The van der Waals surface area contributed by atoms with Crippen molar-refractivity contribution in [1.29, 1.82) is 0 Å². The third-order valence-electron chi connectivity index (χ3n) is 6.46. The van der Waals surface area contributed by atoms with Crippen LogP contribution in [0.3, 0.4) is 0 Å². The van der Waals surface area contributed by atoms with Gasteiger partial charge in [0.1, 0.15) is 0 Å². The zero-order valence-electron chi connectivity index (χ0n) is 19.2. The summed E-state index contributed by atoms with van der Waals surface area (Å²) in [6.07, 6.45) is 6.49. The van der Waals surface area contributed by atoms with Crippen molar-refractivity contribution in [1.82, 2.24) is 20.0 Å². The van der Waals surface area contributed by atoms with Crippen LogP contribution in [0.5, 0.6) is 0 Å². The van der Waals surface area contributed by atoms with Crippen LogP contribution in [-0.2, 0) is 9.47 Å².